The van der Waals surface area contributed by atoms with Gasteiger partial charge in [0.2, 0.25) is 0 Å². The molecule has 7 nitrogen and oxygen atoms in total. The minimum absolute atomic E-state index is 0.145. The lowest BCUT2D eigenvalue weighted by molar-refractivity contribution is 0.101. The Bertz CT molecular complexity index is 822. The van der Waals surface area contributed by atoms with Crippen LogP contribution in [0, 0.1) is 20.8 Å². The fraction of sp³-hybridized carbons (Fsp3) is 0.588. The molecule has 2 aromatic heterocycles. The van der Waals surface area contributed by atoms with Crippen molar-refractivity contribution < 1.29 is 9.32 Å². The van der Waals surface area contributed by atoms with E-state index >= 15 is 0 Å². The molecule has 0 unspecified atom stereocenters. The number of carbonyl (C=O) groups is 1. The Labute approximate surface area is 140 Å². The van der Waals surface area contributed by atoms with E-state index in [-0.39, 0.29) is 17.3 Å². The fourth-order valence-electron chi connectivity index (χ4n) is 3.41. The first-order valence-corrected chi connectivity index (χ1v) is 8.44. The van der Waals surface area contributed by atoms with Crippen LogP contribution >= 0.6 is 0 Å². The maximum Gasteiger partial charge on any atom is 0.291 e. The van der Waals surface area contributed by atoms with Crippen LogP contribution in [0.1, 0.15) is 65.7 Å². The first-order valence-electron chi connectivity index (χ1n) is 8.44. The van der Waals surface area contributed by atoms with Crippen LogP contribution in [0.5, 0.6) is 0 Å². The molecule has 1 saturated carbocycles. The summed E-state index contributed by atoms with van der Waals surface area (Å²) in [6.45, 7) is 5.37. The molecule has 1 fully saturated rings. The zero-order chi connectivity index (χ0) is 17.4. The lowest BCUT2D eigenvalue weighted by atomic mass is 9.96. The Morgan fingerprint density at radius 1 is 1.21 bits per heavy atom. The van der Waals surface area contributed by atoms with Gasteiger partial charge in [0.1, 0.15) is 11.4 Å². The van der Waals surface area contributed by atoms with Crippen LogP contribution in [0.2, 0.25) is 0 Å². The minimum Gasteiger partial charge on any atom is -0.361 e. The molecule has 1 N–H and O–H groups in total. The highest BCUT2D eigenvalue weighted by Crippen LogP contribution is 2.28. The van der Waals surface area contributed by atoms with E-state index in [1.165, 1.54) is 6.42 Å². The van der Waals surface area contributed by atoms with Gasteiger partial charge in [-0.1, -0.05) is 24.4 Å². The summed E-state index contributed by atoms with van der Waals surface area (Å²) in [5.74, 6) is 0.190. The molecule has 0 bridgehead atoms. The third-order valence-corrected chi connectivity index (χ3v) is 5.12. The topological polar surface area (TPSA) is 82.1 Å². The lowest BCUT2D eigenvalue weighted by Crippen LogP contribution is -2.29. The highest BCUT2D eigenvalue weighted by Gasteiger charge is 2.25. The summed E-state index contributed by atoms with van der Waals surface area (Å²) in [6, 6.07) is 0.205. The van der Waals surface area contributed by atoms with Crippen molar-refractivity contribution in [1.82, 2.24) is 14.5 Å². The molecule has 0 saturated heterocycles. The Morgan fingerprint density at radius 3 is 2.46 bits per heavy atom. The van der Waals surface area contributed by atoms with Gasteiger partial charge in [-0.3, -0.25) is 14.3 Å². The predicted molar refractivity (Wildman–Crippen MR) is 90.5 cm³/mol. The first kappa shape index (κ1) is 16.5. The van der Waals surface area contributed by atoms with Gasteiger partial charge in [0, 0.05) is 12.6 Å². The standard InChI is InChI=1S/C17H24N4O3/c1-10-12(3)24-19-14(10)16(22)18-15-11(2)20(4)21(17(15)23)13-8-6-5-7-9-13/h13H,5-9H2,1-4H3,(H,18,22). The molecule has 1 aliphatic rings. The summed E-state index contributed by atoms with van der Waals surface area (Å²) >= 11 is 0. The van der Waals surface area contributed by atoms with Crippen molar-refractivity contribution >= 4 is 11.6 Å². The van der Waals surface area contributed by atoms with Crippen molar-refractivity contribution in [3.63, 3.8) is 0 Å². The summed E-state index contributed by atoms with van der Waals surface area (Å²) in [7, 11) is 1.87. The number of nitrogens with zero attached hydrogens (tertiary/aromatic N) is 3. The quantitative estimate of drug-likeness (QED) is 0.937. The minimum atomic E-state index is -0.411. The fourth-order valence-corrected chi connectivity index (χ4v) is 3.41. The number of nitrogens with one attached hydrogen (secondary N) is 1. The zero-order valence-corrected chi connectivity index (χ0v) is 14.7. The zero-order valence-electron chi connectivity index (χ0n) is 14.7. The summed E-state index contributed by atoms with van der Waals surface area (Å²) in [4.78, 5) is 25.3. The number of hydrogen-bond acceptors (Lipinski definition) is 4. The molecule has 0 radical (unpaired) electrons. The Kier molecular flexibility index (Phi) is 4.34. The van der Waals surface area contributed by atoms with Gasteiger partial charge in [0.15, 0.2) is 5.69 Å². The van der Waals surface area contributed by atoms with Crippen molar-refractivity contribution in [1.29, 1.82) is 0 Å². The van der Waals surface area contributed by atoms with E-state index in [0.717, 1.165) is 31.4 Å². The van der Waals surface area contributed by atoms with E-state index < -0.39 is 5.91 Å². The molecule has 1 aliphatic carbocycles. The number of amides is 1. The second-order valence-corrected chi connectivity index (χ2v) is 6.59. The lowest BCUT2D eigenvalue weighted by Gasteiger charge is -2.24. The van der Waals surface area contributed by atoms with Crippen molar-refractivity contribution in [2.24, 2.45) is 7.05 Å². The van der Waals surface area contributed by atoms with Crippen LogP contribution in [-0.4, -0.2) is 20.4 Å². The van der Waals surface area contributed by atoms with Crippen LogP contribution in [0.4, 0.5) is 5.69 Å². The number of carbonyl (C=O) groups excluding carboxylic acids is 1. The highest BCUT2D eigenvalue weighted by atomic mass is 16.5. The third-order valence-electron chi connectivity index (χ3n) is 5.12. The average Bonchev–Trinajstić information content (AvgIpc) is 3.01. The maximum atomic E-state index is 12.9. The van der Waals surface area contributed by atoms with Gasteiger partial charge in [0.25, 0.3) is 11.5 Å². The van der Waals surface area contributed by atoms with Crippen molar-refractivity contribution in [2.45, 2.75) is 58.9 Å². The van der Waals surface area contributed by atoms with E-state index in [2.05, 4.69) is 10.5 Å². The number of hydrogen-bond donors (Lipinski definition) is 1. The largest absolute Gasteiger partial charge is 0.361 e. The molecule has 3 rings (SSSR count). The molecular weight excluding hydrogens is 308 g/mol. The van der Waals surface area contributed by atoms with E-state index in [1.54, 1.807) is 18.5 Å². The van der Waals surface area contributed by atoms with Gasteiger partial charge in [0.05, 0.1) is 11.7 Å². The Hall–Kier alpha value is -2.31. The second kappa shape index (κ2) is 6.30. The van der Waals surface area contributed by atoms with E-state index in [0.29, 0.717) is 17.0 Å². The van der Waals surface area contributed by atoms with Crippen LogP contribution < -0.4 is 10.9 Å². The van der Waals surface area contributed by atoms with E-state index in [9.17, 15) is 9.59 Å². The summed E-state index contributed by atoms with van der Waals surface area (Å²) in [5.41, 5.74) is 1.84. The molecule has 0 aliphatic heterocycles. The van der Waals surface area contributed by atoms with Gasteiger partial charge < -0.3 is 9.84 Å². The van der Waals surface area contributed by atoms with Gasteiger partial charge >= 0.3 is 0 Å². The number of anilines is 1. The van der Waals surface area contributed by atoms with Crippen LogP contribution in [0.15, 0.2) is 9.32 Å². The molecule has 24 heavy (non-hydrogen) atoms. The molecule has 130 valence electrons. The van der Waals surface area contributed by atoms with Crippen LogP contribution in [0.25, 0.3) is 0 Å². The monoisotopic (exact) mass is 332 g/mol. The molecule has 2 aromatic rings. The van der Waals surface area contributed by atoms with Gasteiger partial charge in [-0.15, -0.1) is 0 Å². The van der Waals surface area contributed by atoms with Crippen LogP contribution in [0.3, 0.4) is 0 Å². The summed E-state index contributed by atoms with van der Waals surface area (Å²) < 4.78 is 8.68. The van der Waals surface area contributed by atoms with Gasteiger partial charge in [-0.05, 0) is 33.6 Å². The normalized spacial score (nSPS) is 15.7. The molecule has 7 heteroatoms. The molecule has 0 atom stereocenters. The molecule has 0 spiro atoms. The second-order valence-electron chi connectivity index (χ2n) is 6.59. The highest BCUT2D eigenvalue weighted by molar-refractivity contribution is 6.04. The number of rotatable bonds is 3. The van der Waals surface area contributed by atoms with E-state index in [4.69, 9.17) is 4.52 Å². The predicted octanol–water partition coefficient (Wildman–Crippen LogP) is 2.86. The number of aryl methyl sites for hydroxylation is 1. The van der Waals surface area contributed by atoms with Crippen molar-refractivity contribution in [2.75, 3.05) is 5.32 Å². The van der Waals surface area contributed by atoms with E-state index in [1.807, 2.05) is 18.7 Å². The molecule has 0 aromatic carbocycles. The maximum absolute atomic E-state index is 12.9. The average molecular weight is 332 g/mol. The van der Waals surface area contributed by atoms with Crippen LogP contribution in [-0.2, 0) is 7.05 Å². The van der Waals surface area contributed by atoms with Crippen molar-refractivity contribution in [3.8, 4) is 0 Å². The smallest absolute Gasteiger partial charge is 0.291 e. The Balaban J connectivity index is 1.93. The Morgan fingerprint density at radius 2 is 1.88 bits per heavy atom. The third kappa shape index (κ3) is 2.68. The summed E-state index contributed by atoms with van der Waals surface area (Å²) in [5, 5.41) is 6.52. The van der Waals surface area contributed by atoms with Gasteiger partial charge in [-0.25, -0.2) is 4.68 Å². The molecular formula is C17H24N4O3. The first-order chi connectivity index (χ1) is 11.4. The number of aromatic nitrogens is 3. The molecule has 1 amide bonds. The molecule has 2 heterocycles. The van der Waals surface area contributed by atoms with Gasteiger partial charge in [-0.2, -0.15) is 0 Å². The summed E-state index contributed by atoms with van der Waals surface area (Å²) in [6.07, 6.45) is 5.52. The van der Waals surface area contributed by atoms with Crippen molar-refractivity contribution in [3.05, 3.63) is 33.1 Å². The SMILES string of the molecule is Cc1onc(C(=O)Nc2c(C)n(C)n(C3CCCCC3)c2=O)c1C.